The van der Waals surface area contributed by atoms with E-state index in [0.717, 1.165) is 0 Å². The Kier molecular flexibility index (Phi) is 1.70. The average molecular weight is 197 g/mol. The molecular weight excluding hydrogens is 192 g/mol. The standard InChI is InChI=1S/C8H5ClN2O2/c9-8-10-4-5-2-1-3-6(7(12)13)11(5)8/h1-4H,(H,12,13). The minimum absolute atomic E-state index is 0.111. The van der Waals surface area contributed by atoms with Gasteiger partial charge in [0.15, 0.2) is 0 Å². The molecule has 13 heavy (non-hydrogen) atoms. The zero-order chi connectivity index (χ0) is 9.42. The number of rotatable bonds is 1. The molecule has 0 spiro atoms. The molecule has 0 amide bonds. The van der Waals surface area contributed by atoms with Gasteiger partial charge >= 0.3 is 5.97 Å². The number of hydrogen-bond acceptors (Lipinski definition) is 2. The number of pyridine rings is 1. The maximum Gasteiger partial charge on any atom is 0.352 e. The van der Waals surface area contributed by atoms with Crippen LogP contribution in [0.5, 0.6) is 0 Å². The SMILES string of the molecule is O=C(O)c1cccc2cnc(Cl)n12. The maximum absolute atomic E-state index is 10.8. The lowest BCUT2D eigenvalue weighted by molar-refractivity contribution is 0.0689. The van der Waals surface area contributed by atoms with Crippen LogP contribution in [0.2, 0.25) is 5.28 Å². The van der Waals surface area contributed by atoms with Gasteiger partial charge in [0.05, 0.1) is 11.7 Å². The van der Waals surface area contributed by atoms with Gasteiger partial charge in [0.1, 0.15) is 5.69 Å². The summed E-state index contributed by atoms with van der Waals surface area (Å²) in [7, 11) is 0. The van der Waals surface area contributed by atoms with Crippen LogP contribution in [0.3, 0.4) is 0 Å². The second-order valence-corrected chi connectivity index (χ2v) is 2.84. The Morgan fingerprint density at radius 2 is 2.31 bits per heavy atom. The highest BCUT2D eigenvalue weighted by Crippen LogP contribution is 2.14. The molecule has 1 N–H and O–H groups in total. The molecule has 66 valence electrons. The smallest absolute Gasteiger partial charge is 0.352 e. The van der Waals surface area contributed by atoms with Gasteiger partial charge in [0, 0.05) is 0 Å². The number of fused-ring (bicyclic) bond motifs is 1. The molecule has 0 saturated carbocycles. The minimum Gasteiger partial charge on any atom is -0.477 e. The van der Waals surface area contributed by atoms with Crippen molar-refractivity contribution in [2.75, 3.05) is 0 Å². The summed E-state index contributed by atoms with van der Waals surface area (Å²) < 4.78 is 1.38. The Balaban J connectivity index is 2.88. The molecule has 5 heteroatoms. The first-order chi connectivity index (χ1) is 6.20. The van der Waals surface area contributed by atoms with Gasteiger partial charge in [-0.25, -0.2) is 9.78 Å². The van der Waals surface area contributed by atoms with E-state index in [2.05, 4.69) is 4.98 Å². The highest BCUT2D eigenvalue weighted by molar-refractivity contribution is 6.29. The van der Waals surface area contributed by atoms with Crippen molar-refractivity contribution in [2.45, 2.75) is 0 Å². The van der Waals surface area contributed by atoms with Gasteiger partial charge in [0.25, 0.3) is 0 Å². The summed E-state index contributed by atoms with van der Waals surface area (Å²) in [6.07, 6.45) is 1.52. The lowest BCUT2D eigenvalue weighted by atomic mass is 10.3. The quantitative estimate of drug-likeness (QED) is 0.755. The topological polar surface area (TPSA) is 54.6 Å². The Hall–Kier alpha value is -1.55. The molecule has 0 fully saturated rings. The second kappa shape index (κ2) is 2.74. The molecule has 2 aromatic rings. The summed E-state index contributed by atoms with van der Waals surface area (Å²) in [6.45, 7) is 0. The number of aromatic nitrogens is 2. The summed E-state index contributed by atoms with van der Waals surface area (Å²) in [4.78, 5) is 14.6. The van der Waals surface area contributed by atoms with Crippen LogP contribution in [-0.4, -0.2) is 20.5 Å². The minimum atomic E-state index is -1.02. The van der Waals surface area contributed by atoms with Crippen LogP contribution in [0.25, 0.3) is 5.52 Å². The third kappa shape index (κ3) is 1.15. The third-order valence-corrected chi connectivity index (χ3v) is 1.99. The predicted molar refractivity (Wildman–Crippen MR) is 47.2 cm³/mol. The van der Waals surface area contributed by atoms with Gasteiger partial charge in [-0.1, -0.05) is 6.07 Å². The van der Waals surface area contributed by atoms with Crippen LogP contribution in [0.15, 0.2) is 24.4 Å². The van der Waals surface area contributed by atoms with Gasteiger partial charge < -0.3 is 5.11 Å². The number of halogens is 1. The number of imidazole rings is 1. The summed E-state index contributed by atoms with van der Waals surface area (Å²) in [6, 6.07) is 4.87. The molecular formula is C8H5ClN2O2. The number of aromatic carboxylic acids is 1. The van der Waals surface area contributed by atoms with Crippen LogP contribution in [0, 0.1) is 0 Å². The van der Waals surface area contributed by atoms with E-state index in [-0.39, 0.29) is 11.0 Å². The number of nitrogens with zero attached hydrogens (tertiary/aromatic N) is 2. The molecule has 0 atom stereocenters. The number of carbonyl (C=O) groups is 1. The Bertz CT molecular complexity index is 478. The molecule has 2 rings (SSSR count). The zero-order valence-corrected chi connectivity index (χ0v) is 7.19. The van der Waals surface area contributed by atoms with Crippen LogP contribution >= 0.6 is 11.6 Å². The van der Waals surface area contributed by atoms with Crippen LogP contribution in [0.1, 0.15) is 10.5 Å². The van der Waals surface area contributed by atoms with Crippen LogP contribution < -0.4 is 0 Å². The normalized spacial score (nSPS) is 10.5. The van der Waals surface area contributed by atoms with E-state index in [1.165, 1.54) is 16.7 Å². The van der Waals surface area contributed by atoms with E-state index in [9.17, 15) is 4.79 Å². The monoisotopic (exact) mass is 196 g/mol. The molecule has 4 nitrogen and oxygen atoms in total. The van der Waals surface area contributed by atoms with Crippen molar-refractivity contribution in [3.63, 3.8) is 0 Å². The fourth-order valence-electron chi connectivity index (χ4n) is 1.18. The van der Waals surface area contributed by atoms with Crippen molar-refractivity contribution < 1.29 is 9.90 Å². The average Bonchev–Trinajstić information content (AvgIpc) is 2.48. The number of carboxylic acid groups (broad SMARTS) is 1. The molecule has 0 radical (unpaired) electrons. The summed E-state index contributed by atoms with van der Waals surface area (Å²) >= 11 is 5.71. The lowest BCUT2D eigenvalue weighted by Crippen LogP contribution is -2.04. The van der Waals surface area contributed by atoms with E-state index >= 15 is 0 Å². The van der Waals surface area contributed by atoms with Gasteiger partial charge in [-0.2, -0.15) is 0 Å². The lowest BCUT2D eigenvalue weighted by Gasteiger charge is -1.99. The van der Waals surface area contributed by atoms with Gasteiger partial charge in [-0.3, -0.25) is 4.40 Å². The predicted octanol–water partition coefficient (Wildman–Crippen LogP) is 1.69. The van der Waals surface area contributed by atoms with Crippen molar-refractivity contribution in [3.8, 4) is 0 Å². The maximum atomic E-state index is 10.8. The molecule has 0 bridgehead atoms. The van der Waals surface area contributed by atoms with Crippen LogP contribution in [-0.2, 0) is 0 Å². The van der Waals surface area contributed by atoms with E-state index in [0.29, 0.717) is 5.52 Å². The Morgan fingerprint density at radius 3 is 3.00 bits per heavy atom. The van der Waals surface area contributed by atoms with Crippen molar-refractivity contribution in [1.82, 2.24) is 9.38 Å². The fraction of sp³-hybridized carbons (Fsp3) is 0. The highest BCUT2D eigenvalue weighted by atomic mass is 35.5. The van der Waals surface area contributed by atoms with E-state index in [4.69, 9.17) is 16.7 Å². The van der Waals surface area contributed by atoms with E-state index < -0.39 is 5.97 Å². The van der Waals surface area contributed by atoms with Crippen molar-refractivity contribution in [3.05, 3.63) is 35.4 Å². The summed E-state index contributed by atoms with van der Waals surface area (Å²) in [5.41, 5.74) is 0.782. The highest BCUT2D eigenvalue weighted by Gasteiger charge is 2.10. The molecule has 2 aromatic heterocycles. The van der Waals surface area contributed by atoms with Crippen molar-refractivity contribution >= 4 is 23.1 Å². The molecule has 0 aliphatic rings. The number of carboxylic acids is 1. The molecule has 0 aromatic carbocycles. The zero-order valence-electron chi connectivity index (χ0n) is 6.44. The van der Waals surface area contributed by atoms with E-state index in [1.54, 1.807) is 12.1 Å². The molecule has 0 saturated heterocycles. The van der Waals surface area contributed by atoms with E-state index in [1.807, 2.05) is 0 Å². The fourth-order valence-corrected chi connectivity index (χ4v) is 1.41. The number of hydrogen-bond donors (Lipinski definition) is 1. The summed E-state index contributed by atoms with van der Waals surface area (Å²) in [5, 5.41) is 8.98. The third-order valence-electron chi connectivity index (χ3n) is 1.73. The first kappa shape index (κ1) is 8.07. The Morgan fingerprint density at radius 1 is 1.54 bits per heavy atom. The van der Waals surface area contributed by atoms with Crippen LogP contribution in [0.4, 0.5) is 0 Å². The summed E-state index contributed by atoms with van der Waals surface area (Å²) in [5.74, 6) is -1.02. The van der Waals surface area contributed by atoms with Crippen molar-refractivity contribution in [2.24, 2.45) is 0 Å². The molecule has 0 aliphatic heterocycles. The molecule has 0 unspecified atom stereocenters. The first-order valence-corrected chi connectivity index (χ1v) is 3.93. The second-order valence-electron chi connectivity index (χ2n) is 2.50. The first-order valence-electron chi connectivity index (χ1n) is 3.55. The van der Waals surface area contributed by atoms with Gasteiger partial charge in [-0.05, 0) is 23.7 Å². The molecule has 0 aliphatic carbocycles. The van der Waals surface area contributed by atoms with Crippen molar-refractivity contribution in [1.29, 1.82) is 0 Å². The largest absolute Gasteiger partial charge is 0.477 e. The Labute approximate surface area is 78.4 Å². The van der Waals surface area contributed by atoms with Gasteiger partial charge in [0.2, 0.25) is 5.28 Å². The molecule has 2 heterocycles. The van der Waals surface area contributed by atoms with Gasteiger partial charge in [-0.15, -0.1) is 0 Å².